The number of aromatic amines is 1. The second-order valence-corrected chi connectivity index (χ2v) is 5.08. The molecule has 1 N–H and O–H groups in total. The zero-order chi connectivity index (χ0) is 12.7. The number of furan rings is 1. The number of H-pyrrole nitrogens is 1. The topological polar surface area (TPSA) is 50.9 Å². The molecule has 18 heavy (non-hydrogen) atoms. The van der Waals surface area contributed by atoms with Gasteiger partial charge in [-0.1, -0.05) is 0 Å². The van der Waals surface area contributed by atoms with E-state index in [0.717, 1.165) is 10.4 Å². The van der Waals surface area contributed by atoms with Crippen LogP contribution in [0, 0.1) is 4.77 Å². The molecule has 92 valence electrons. The highest BCUT2D eigenvalue weighted by Crippen LogP contribution is 2.30. The summed E-state index contributed by atoms with van der Waals surface area (Å²) in [7, 11) is 0. The maximum Gasteiger partial charge on any atom is 0.263 e. The second kappa shape index (κ2) is 4.22. The molecule has 0 aliphatic carbocycles. The molecule has 0 spiro atoms. The van der Waals surface area contributed by atoms with Gasteiger partial charge in [-0.05, 0) is 31.3 Å². The summed E-state index contributed by atoms with van der Waals surface area (Å²) in [5.41, 5.74) is 0.752. The van der Waals surface area contributed by atoms with Crippen LogP contribution in [0.1, 0.15) is 6.92 Å². The Morgan fingerprint density at radius 3 is 3.06 bits per heavy atom. The van der Waals surface area contributed by atoms with Gasteiger partial charge < -0.3 is 9.40 Å². The summed E-state index contributed by atoms with van der Waals surface area (Å²) in [6.07, 6.45) is 1.60. The molecule has 0 amide bonds. The number of fused-ring (bicyclic) bond motifs is 1. The van der Waals surface area contributed by atoms with Crippen LogP contribution in [0.2, 0.25) is 0 Å². The van der Waals surface area contributed by atoms with Crippen LogP contribution in [-0.4, -0.2) is 9.55 Å². The summed E-state index contributed by atoms with van der Waals surface area (Å²) < 4.78 is 7.38. The second-order valence-electron chi connectivity index (χ2n) is 3.81. The third-order valence-electron chi connectivity index (χ3n) is 2.82. The average Bonchev–Trinajstić information content (AvgIpc) is 2.96. The number of thiophene rings is 1. The van der Waals surface area contributed by atoms with E-state index in [9.17, 15) is 4.79 Å². The Morgan fingerprint density at radius 2 is 2.39 bits per heavy atom. The molecule has 3 heterocycles. The monoisotopic (exact) mass is 278 g/mol. The van der Waals surface area contributed by atoms with Crippen molar-refractivity contribution >= 4 is 33.8 Å². The first-order chi connectivity index (χ1) is 8.72. The number of nitrogens with one attached hydrogen (secondary N) is 1. The van der Waals surface area contributed by atoms with E-state index in [1.165, 1.54) is 11.3 Å². The lowest BCUT2D eigenvalue weighted by molar-refractivity contribution is 0.583. The lowest BCUT2D eigenvalue weighted by Gasteiger charge is -2.02. The first-order valence-corrected chi connectivity index (χ1v) is 6.79. The lowest BCUT2D eigenvalue weighted by Crippen LogP contribution is -2.20. The average molecular weight is 278 g/mol. The molecule has 3 rings (SSSR count). The molecule has 0 aliphatic rings. The predicted octanol–water partition coefficient (Wildman–Crippen LogP) is 3.40. The van der Waals surface area contributed by atoms with Crippen LogP contribution in [0.25, 0.3) is 21.5 Å². The molecule has 0 aromatic carbocycles. The van der Waals surface area contributed by atoms with E-state index in [1.807, 2.05) is 24.4 Å². The van der Waals surface area contributed by atoms with Crippen LogP contribution in [0.4, 0.5) is 0 Å². The molecule has 0 radical (unpaired) electrons. The molecule has 0 saturated carbocycles. The largest absolute Gasteiger partial charge is 0.464 e. The highest BCUT2D eigenvalue weighted by molar-refractivity contribution is 7.71. The Labute approximate surface area is 112 Å². The standard InChI is InChI=1S/C12H10N2O2S2/c1-2-14-11(15)9-7(8-4-3-5-16-8)6-18-10(9)13-12(14)17/h3-6H,2H2,1H3,(H,13,17). The summed E-state index contributed by atoms with van der Waals surface area (Å²) in [5.74, 6) is 0.700. The van der Waals surface area contributed by atoms with Gasteiger partial charge in [0.05, 0.1) is 11.6 Å². The van der Waals surface area contributed by atoms with Crippen molar-refractivity contribution in [3.8, 4) is 11.3 Å². The smallest absolute Gasteiger partial charge is 0.263 e. The minimum Gasteiger partial charge on any atom is -0.464 e. The number of aromatic nitrogens is 2. The quantitative estimate of drug-likeness (QED) is 0.731. The van der Waals surface area contributed by atoms with Crippen LogP contribution in [0.15, 0.2) is 33.0 Å². The van der Waals surface area contributed by atoms with Crippen molar-refractivity contribution in [1.29, 1.82) is 0 Å². The Morgan fingerprint density at radius 1 is 1.56 bits per heavy atom. The molecule has 6 heteroatoms. The van der Waals surface area contributed by atoms with Gasteiger partial charge in [0.1, 0.15) is 10.6 Å². The molecule has 4 nitrogen and oxygen atoms in total. The molecule has 0 atom stereocenters. The Bertz CT molecular complexity index is 809. The van der Waals surface area contributed by atoms with Gasteiger partial charge in [0.15, 0.2) is 4.77 Å². The van der Waals surface area contributed by atoms with Crippen LogP contribution in [-0.2, 0) is 6.54 Å². The van der Waals surface area contributed by atoms with Crippen molar-refractivity contribution < 1.29 is 4.42 Å². The normalized spacial score (nSPS) is 11.2. The Kier molecular flexibility index (Phi) is 2.68. The minimum absolute atomic E-state index is 0.0658. The lowest BCUT2D eigenvalue weighted by atomic mass is 10.2. The zero-order valence-electron chi connectivity index (χ0n) is 9.60. The van der Waals surface area contributed by atoms with Crippen LogP contribution < -0.4 is 5.56 Å². The van der Waals surface area contributed by atoms with Crippen molar-refractivity contribution in [2.75, 3.05) is 0 Å². The fourth-order valence-electron chi connectivity index (χ4n) is 1.95. The fourth-order valence-corrected chi connectivity index (χ4v) is 3.27. The summed E-state index contributed by atoms with van der Waals surface area (Å²) in [6.45, 7) is 2.45. The summed E-state index contributed by atoms with van der Waals surface area (Å²) in [5, 5.41) is 2.56. The first-order valence-electron chi connectivity index (χ1n) is 5.50. The van der Waals surface area contributed by atoms with Gasteiger partial charge >= 0.3 is 0 Å². The van der Waals surface area contributed by atoms with Gasteiger partial charge in [0.2, 0.25) is 0 Å². The zero-order valence-corrected chi connectivity index (χ0v) is 11.2. The molecular weight excluding hydrogens is 268 g/mol. The summed E-state index contributed by atoms with van der Waals surface area (Å²) in [6, 6.07) is 3.65. The molecule has 0 bridgehead atoms. The molecule has 0 saturated heterocycles. The van der Waals surface area contributed by atoms with Crippen molar-refractivity contribution in [2.24, 2.45) is 0 Å². The van der Waals surface area contributed by atoms with Crippen molar-refractivity contribution in [1.82, 2.24) is 9.55 Å². The van der Waals surface area contributed by atoms with E-state index in [-0.39, 0.29) is 5.56 Å². The van der Waals surface area contributed by atoms with E-state index in [2.05, 4.69) is 4.98 Å². The van der Waals surface area contributed by atoms with Crippen molar-refractivity contribution in [2.45, 2.75) is 13.5 Å². The highest BCUT2D eigenvalue weighted by atomic mass is 32.1. The Balaban J connectivity index is 2.44. The van der Waals surface area contributed by atoms with Gasteiger partial charge in [-0.2, -0.15) is 0 Å². The third-order valence-corrected chi connectivity index (χ3v) is 4.04. The minimum atomic E-state index is -0.0658. The van der Waals surface area contributed by atoms with Gasteiger partial charge in [0.25, 0.3) is 5.56 Å². The van der Waals surface area contributed by atoms with Crippen LogP contribution in [0.5, 0.6) is 0 Å². The van der Waals surface area contributed by atoms with Crippen molar-refractivity contribution in [3.63, 3.8) is 0 Å². The maximum atomic E-state index is 12.4. The van der Waals surface area contributed by atoms with E-state index < -0.39 is 0 Å². The van der Waals surface area contributed by atoms with Crippen LogP contribution in [0.3, 0.4) is 0 Å². The van der Waals surface area contributed by atoms with Gasteiger partial charge in [-0.25, -0.2) is 0 Å². The fraction of sp³-hybridized carbons (Fsp3) is 0.167. The molecule has 3 aromatic heterocycles. The number of rotatable bonds is 2. The number of nitrogens with zero attached hydrogens (tertiary/aromatic N) is 1. The summed E-state index contributed by atoms with van der Waals surface area (Å²) in [4.78, 5) is 16.3. The van der Waals surface area contributed by atoms with Crippen molar-refractivity contribution in [3.05, 3.63) is 38.9 Å². The Hall–Kier alpha value is -1.66. The molecular formula is C12H10N2O2S2. The predicted molar refractivity (Wildman–Crippen MR) is 74.6 cm³/mol. The van der Waals surface area contributed by atoms with E-state index in [1.54, 1.807) is 10.8 Å². The SMILES string of the molecule is CCn1c(=S)[nH]c2scc(-c3ccco3)c2c1=O. The molecule has 0 aliphatic heterocycles. The molecule has 0 fully saturated rings. The van der Waals surface area contributed by atoms with E-state index in [0.29, 0.717) is 22.5 Å². The first kappa shape index (κ1) is 11.4. The highest BCUT2D eigenvalue weighted by Gasteiger charge is 2.14. The van der Waals surface area contributed by atoms with Crippen LogP contribution >= 0.6 is 23.6 Å². The number of hydrogen-bond acceptors (Lipinski definition) is 4. The maximum absolute atomic E-state index is 12.4. The third kappa shape index (κ3) is 1.57. The summed E-state index contributed by atoms with van der Waals surface area (Å²) >= 11 is 6.63. The van der Waals surface area contributed by atoms with E-state index in [4.69, 9.17) is 16.6 Å². The van der Waals surface area contributed by atoms with Gasteiger partial charge in [-0.15, -0.1) is 11.3 Å². The number of hydrogen-bond donors (Lipinski definition) is 1. The van der Waals surface area contributed by atoms with Gasteiger partial charge in [-0.3, -0.25) is 9.36 Å². The van der Waals surface area contributed by atoms with E-state index >= 15 is 0 Å². The molecule has 3 aromatic rings. The molecule has 0 unspecified atom stereocenters. The van der Waals surface area contributed by atoms with Gasteiger partial charge in [0, 0.05) is 17.5 Å².